The lowest BCUT2D eigenvalue weighted by molar-refractivity contribution is 0.0935. The van der Waals surface area contributed by atoms with Crippen LogP contribution in [0.4, 0.5) is 0 Å². The zero-order valence-corrected chi connectivity index (χ0v) is 14.9. The van der Waals surface area contributed by atoms with Crippen LogP contribution in [0.2, 0.25) is 0 Å². The average molecular weight is 345 g/mol. The number of benzene rings is 1. The third-order valence-electron chi connectivity index (χ3n) is 4.12. The Balaban J connectivity index is 1.71. The Morgan fingerprint density at radius 3 is 2.46 bits per heavy atom. The quantitative estimate of drug-likeness (QED) is 0.787. The number of carbonyl (C=O) groups is 1. The van der Waals surface area contributed by atoms with Gasteiger partial charge in [0.05, 0.1) is 23.0 Å². The number of nitrogens with one attached hydrogen (secondary N) is 1. The zero-order valence-electron chi connectivity index (χ0n) is 14.9. The zero-order chi connectivity index (χ0) is 18.7. The minimum Gasteiger partial charge on any atom is -0.344 e. The third-order valence-corrected chi connectivity index (χ3v) is 4.12. The summed E-state index contributed by atoms with van der Waals surface area (Å²) in [5, 5.41) is 16.2. The highest BCUT2D eigenvalue weighted by atomic mass is 16.1. The molecule has 2 heterocycles. The molecule has 0 saturated heterocycles. The van der Waals surface area contributed by atoms with E-state index < -0.39 is 0 Å². The summed E-state index contributed by atoms with van der Waals surface area (Å²) in [5.41, 5.74) is 4.72. The van der Waals surface area contributed by atoms with Gasteiger partial charge in [0.25, 0.3) is 5.91 Å². The number of rotatable bonds is 4. The second-order valence-corrected chi connectivity index (χ2v) is 6.17. The van der Waals surface area contributed by atoms with Gasteiger partial charge in [-0.3, -0.25) is 4.79 Å². The molecule has 0 radical (unpaired) electrons. The maximum Gasteiger partial charge on any atom is 0.270 e. The fourth-order valence-electron chi connectivity index (χ4n) is 2.74. The van der Waals surface area contributed by atoms with Gasteiger partial charge in [-0.2, -0.15) is 10.4 Å². The Hall–Kier alpha value is -3.46. The van der Waals surface area contributed by atoms with Gasteiger partial charge >= 0.3 is 0 Å². The first-order chi connectivity index (χ1) is 12.5. The van der Waals surface area contributed by atoms with Crippen molar-refractivity contribution in [3.63, 3.8) is 0 Å². The SMILES string of the molecule is Cc1cc(C)n(-c2ccc([C@H](C)NC(=O)c3ccc(C#N)cn3)cc2)n1. The molecular weight excluding hydrogens is 326 g/mol. The lowest BCUT2D eigenvalue weighted by Crippen LogP contribution is -2.27. The van der Waals surface area contributed by atoms with Crippen LogP contribution >= 0.6 is 0 Å². The number of nitrogens with zero attached hydrogens (tertiary/aromatic N) is 4. The second kappa shape index (κ2) is 7.19. The van der Waals surface area contributed by atoms with Crippen molar-refractivity contribution in [2.75, 3.05) is 0 Å². The molecule has 0 spiro atoms. The van der Waals surface area contributed by atoms with Crippen LogP contribution in [-0.2, 0) is 0 Å². The standard InChI is InChI=1S/C20H19N5O/c1-13-10-14(2)25(24-13)18-7-5-17(6-8-18)15(3)23-20(26)19-9-4-16(11-21)12-22-19/h4-10,12,15H,1-3H3,(H,23,26)/t15-/m0/s1. The van der Waals surface area contributed by atoms with Gasteiger partial charge in [0, 0.05) is 11.9 Å². The summed E-state index contributed by atoms with van der Waals surface area (Å²) < 4.78 is 1.89. The summed E-state index contributed by atoms with van der Waals surface area (Å²) in [7, 11) is 0. The molecule has 1 atom stereocenters. The Morgan fingerprint density at radius 1 is 1.19 bits per heavy atom. The van der Waals surface area contributed by atoms with E-state index in [0.29, 0.717) is 5.56 Å². The van der Waals surface area contributed by atoms with E-state index in [-0.39, 0.29) is 17.6 Å². The van der Waals surface area contributed by atoms with E-state index in [4.69, 9.17) is 5.26 Å². The van der Waals surface area contributed by atoms with Crippen LogP contribution < -0.4 is 5.32 Å². The number of hydrogen-bond acceptors (Lipinski definition) is 4. The summed E-state index contributed by atoms with van der Waals surface area (Å²) in [6.07, 6.45) is 1.39. The molecule has 0 saturated carbocycles. The van der Waals surface area contributed by atoms with Gasteiger partial charge in [0.1, 0.15) is 11.8 Å². The van der Waals surface area contributed by atoms with Crippen LogP contribution in [0.3, 0.4) is 0 Å². The van der Waals surface area contributed by atoms with Gasteiger partial charge in [-0.1, -0.05) is 12.1 Å². The molecule has 0 fully saturated rings. The summed E-state index contributed by atoms with van der Waals surface area (Å²) in [5.74, 6) is -0.274. The largest absolute Gasteiger partial charge is 0.344 e. The smallest absolute Gasteiger partial charge is 0.270 e. The summed E-state index contributed by atoms with van der Waals surface area (Å²) in [6, 6.07) is 14.9. The monoisotopic (exact) mass is 345 g/mol. The van der Waals surface area contributed by atoms with E-state index in [0.717, 1.165) is 22.6 Å². The van der Waals surface area contributed by atoms with Gasteiger partial charge in [-0.15, -0.1) is 0 Å². The first-order valence-corrected chi connectivity index (χ1v) is 8.28. The van der Waals surface area contributed by atoms with Crippen LogP contribution in [0.25, 0.3) is 5.69 Å². The molecular formula is C20H19N5O. The van der Waals surface area contributed by atoms with Crippen LogP contribution in [0.15, 0.2) is 48.7 Å². The molecule has 0 aliphatic rings. The summed E-state index contributed by atoms with van der Waals surface area (Å²) in [6.45, 7) is 5.90. The summed E-state index contributed by atoms with van der Waals surface area (Å²) in [4.78, 5) is 16.3. The molecule has 1 N–H and O–H groups in total. The lowest BCUT2D eigenvalue weighted by Gasteiger charge is -2.15. The van der Waals surface area contributed by atoms with Gasteiger partial charge in [0.2, 0.25) is 0 Å². The van der Waals surface area contributed by atoms with E-state index in [1.165, 1.54) is 6.20 Å². The van der Waals surface area contributed by atoms with Crippen molar-refractivity contribution in [2.24, 2.45) is 0 Å². The number of hydrogen-bond donors (Lipinski definition) is 1. The first kappa shape index (κ1) is 17.4. The topological polar surface area (TPSA) is 83.6 Å². The number of nitriles is 1. The molecule has 0 aliphatic carbocycles. The van der Waals surface area contributed by atoms with Crippen molar-refractivity contribution in [3.05, 3.63) is 76.9 Å². The van der Waals surface area contributed by atoms with Gasteiger partial charge in [-0.05, 0) is 56.7 Å². The highest BCUT2D eigenvalue weighted by molar-refractivity contribution is 5.92. The maximum atomic E-state index is 12.3. The molecule has 2 aromatic heterocycles. The molecule has 6 heteroatoms. The Morgan fingerprint density at radius 2 is 1.92 bits per heavy atom. The maximum absolute atomic E-state index is 12.3. The van der Waals surface area contributed by atoms with Gasteiger partial charge in [0.15, 0.2) is 0 Å². The normalized spacial score (nSPS) is 11.6. The minimum absolute atomic E-state index is 0.172. The number of aromatic nitrogens is 3. The highest BCUT2D eigenvalue weighted by Crippen LogP contribution is 2.17. The molecule has 0 aliphatic heterocycles. The summed E-state index contributed by atoms with van der Waals surface area (Å²) >= 11 is 0. The van der Waals surface area contributed by atoms with E-state index in [1.54, 1.807) is 12.1 Å². The minimum atomic E-state index is -0.274. The molecule has 1 amide bonds. The third kappa shape index (κ3) is 3.62. The van der Waals surface area contributed by atoms with E-state index in [1.807, 2.05) is 61.9 Å². The second-order valence-electron chi connectivity index (χ2n) is 6.17. The number of amides is 1. The van der Waals surface area contributed by atoms with Crippen molar-refractivity contribution in [2.45, 2.75) is 26.8 Å². The lowest BCUT2D eigenvalue weighted by atomic mass is 10.1. The van der Waals surface area contributed by atoms with Crippen molar-refractivity contribution in [1.29, 1.82) is 5.26 Å². The van der Waals surface area contributed by atoms with Crippen LogP contribution in [0.5, 0.6) is 0 Å². The van der Waals surface area contributed by atoms with Crippen LogP contribution in [0.1, 0.15) is 46.0 Å². The molecule has 3 rings (SSSR count). The predicted molar refractivity (Wildman–Crippen MR) is 97.9 cm³/mol. The fraction of sp³-hybridized carbons (Fsp3) is 0.200. The predicted octanol–water partition coefficient (Wildman–Crippen LogP) is 3.25. The molecule has 0 unspecified atom stereocenters. The van der Waals surface area contributed by atoms with E-state index in [2.05, 4.69) is 15.4 Å². The van der Waals surface area contributed by atoms with Gasteiger partial charge in [-0.25, -0.2) is 9.67 Å². The van der Waals surface area contributed by atoms with E-state index >= 15 is 0 Å². The number of pyridine rings is 1. The molecule has 3 aromatic rings. The van der Waals surface area contributed by atoms with Crippen molar-refractivity contribution >= 4 is 5.91 Å². The molecule has 130 valence electrons. The van der Waals surface area contributed by atoms with Crippen molar-refractivity contribution in [1.82, 2.24) is 20.1 Å². The molecule has 26 heavy (non-hydrogen) atoms. The van der Waals surface area contributed by atoms with Crippen molar-refractivity contribution < 1.29 is 4.79 Å². The van der Waals surface area contributed by atoms with Crippen LogP contribution in [-0.4, -0.2) is 20.7 Å². The van der Waals surface area contributed by atoms with Gasteiger partial charge < -0.3 is 5.32 Å². The van der Waals surface area contributed by atoms with Crippen LogP contribution in [0, 0.1) is 25.2 Å². The Bertz CT molecular complexity index is 965. The Labute approximate surface area is 152 Å². The number of aryl methyl sites for hydroxylation is 2. The molecule has 1 aromatic carbocycles. The Kier molecular flexibility index (Phi) is 4.81. The first-order valence-electron chi connectivity index (χ1n) is 8.28. The fourth-order valence-corrected chi connectivity index (χ4v) is 2.74. The molecule has 6 nitrogen and oxygen atoms in total. The van der Waals surface area contributed by atoms with E-state index in [9.17, 15) is 4.79 Å². The van der Waals surface area contributed by atoms with Crippen molar-refractivity contribution in [3.8, 4) is 11.8 Å². The molecule has 0 bridgehead atoms. The average Bonchev–Trinajstić information content (AvgIpc) is 3.00. The highest BCUT2D eigenvalue weighted by Gasteiger charge is 2.13. The number of carbonyl (C=O) groups excluding carboxylic acids is 1.